The largest absolute Gasteiger partial charge is 0.437 e. The van der Waals surface area contributed by atoms with Gasteiger partial charge in [0.15, 0.2) is 17.2 Å². The zero-order chi connectivity index (χ0) is 24.4. The van der Waals surface area contributed by atoms with E-state index >= 15 is 4.39 Å². The summed E-state index contributed by atoms with van der Waals surface area (Å²) in [7, 11) is 0. The highest BCUT2D eigenvalue weighted by Gasteiger charge is 2.38. The van der Waals surface area contributed by atoms with Crippen LogP contribution in [-0.4, -0.2) is 19.6 Å². The lowest BCUT2D eigenvalue weighted by molar-refractivity contribution is 0.420. The Morgan fingerprint density at radius 3 is 2.58 bits per heavy atom. The average Bonchev–Trinajstić information content (AvgIpc) is 3.33. The fourth-order valence-electron chi connectivity index (χ4n) is 4.71. The Labute approximate surface area is 211 Å². The van der Waals surface area contributed by atoms with E-state index in [-0.39, 0.29) is 17.0 Å². The van der Waals surface area contributed by atoms with Gasteiger partial charge in [0.25, 0.3) is 0 Å². The molecule has 3 aromatic carbocycles. The molecular formula is C27H14BrFN4O3. The molecule has 0 fully saturated rings. The van der Waals surface area contributed by atoms with Gasteiger partial charge < -0.3 is 9.15 Å². The average molecular weight is 541 g/mol. The van der Waals surface area contributed by atoms with Crippen LogP contribution < -0.4 is 10.4 Å². The number of hydrogen-bond acceptors (Lipinski definition) is 6. The number of ether oxygens (including phenoxy) is 1. The first-order chi connectivity index (χ1) is 17.6. The molecule has 36 heavy (non-hydrogen) atoms. The minimum absolute atomic E-state index is 0.187. The van der Waals surface area contributed by atoms with Gasteiger partial charge in [0.1, 0.15) is 17.7 Å². The molecule has 7 nitrogen and oxygen atoms in total. The molecule has 4 heterocycles. The van der Waals surface area contributed by atoms with E-state index in [0.717, 1.165) is 10.0 Å². The Bertz CT molecular complexity index is 1900. The standard InChI is InChI=1S/C27H14BrFN4O3/c28-17-10-4-1-7-14(17)24-31-25-22-20(15-8-2-5-11-18(15)29)21-23(36-26(22)30-13-33(25)32-24)16-9-3-6-12-19(16)35-27(21)34/h1-13,20H. The number of halogens is 2. The summed E-state index contributed by atoms with van der Waals surface area (Å²) in [5, 5.41) is 5.19. The lowest BCUT2D eigenvalue weighted by atomic mass is 9.84. The summed E-state index contributed by atoms with van der Waals surface area (Å²) in [4.78, 5) is 22.6. The van der Waals surface area contributed by atoms with Crippen molar-refractivity contribution in [2.75, 3.05) is 0 Å². The Balaban J connectivity index is 1.57. The molecule has 0 saturated carbocycles. The summed E-state index contributed by atoms with van der Waals surface area (Å²) in [6.45, 7) is 0. The van der Waals surface area contributed by atoms with E-state index in [1.807, 2.05) is 30.3 Å². The zero-order valence-corrected chi connectivity index (χ0v) is 19.9. The van der Waals surface area contributed by atoms with Gasteiger partial charge >= 0.3 is 5.63 Å². The van der Waals surface area contributed by atoms with Gasteiger partial charge in [-0.05, 0) is 30.3 Å². The second-order valence-corrected chi connectivity index (χ2v) is 9.19. The second-order valence-electron chi connectivity index (χ2n) is 8.33. The van der Waals surface area contributed by atoms with E-state index in [9.17, 15) is 4.79 Å². The maximum Gasteiger partial charge on any atom is 0.344 e. The lowest BCUT2D eigenvalue weighted by Crippen LogP contribution is -2.23. The molecule has 0 bridgehead atoms. The quantitative estimate of drug-likeness (QED) is 0.247. The van der Waals surface area contributed by atoms with E-state index in [2.05, 4.69) is 26.0 Å². The molecule has 7 rings (SSSR count). The summed E-state index contributed by atoms with van der Waals surface area (Å²) in [6, 6.07) is 21.0. The molecule has 174 valence electrons. The van der Waals surface area contributed by atoms with Crippen LogP contribution in [-0.2, 0) is 0 Å². The van der Waals surface area contributed by atoms with Gasteiger partial charge in [-0.2, -0.15) is 0 Å². The molecule has 1 unspecified atom stereocenters. The summed E-state index contributed by atoms with van der Waals surface area (Å²) < 4.78 is 29.5. The first-order valence-corrected chi connectivity index (χ1v) is 11.9. The smallest absolute Gasteiger partial charge is 0.344 e. The summed E-state index contributed by atoms with van der Waals surface area (Å²) in [5.74, 6) is -0.379. The van der Waals surface area contributed by atoms with Crippen molar-refractivity contribution in [3.63, 3.8) is 0 Å². The van der Waals surface area contributed by atoms with Crippen LogP contribution in [0.5, 0.6) is 11.6 Å². The van der Waals surface area contributed by atoms with Crippen LogP contribution in [0.15, 0.2) is 92.8 Å². The third-order valence-electron chi connectivity index (χ3n) is 6.29. The van der Waals surface area contributed by atoms with Crippen LogP contribution in [0.3, 0.4) is 0 Å². The number of para-hydroxylation sites is 1. The molecule has 9 heteroatoms. The minimum atomic E-state index is -0.877. The predicted octanol–water partition coefficient (Wildman–Crippen LogP) is 6.09. The SMILES string of the molecule is O=c1oc2ccccc2c2c1C(c1ccccc1F)c1c(ncn3nc(-c4ccccc4Br)nc13)O2. The molecule has 0 aliphatic carbocycles. The summed E-state index contributed by atoms with van der Waals surface area (Å²) in [6.07, 6.45) is 1.50. The summed E-state index contributed by atoms with van der Waals surface area (Å²) >= 11 is 3.54. The maximum absolute atomic E-state index is 15.3. The van der Waals surface area contributed by atoms with E-state index in [0.29, 0.717) is 33.8 Å². The van der Waals surface area contributed by atoms with Crippen molar-refractivity contribution in [1.29, 1.82) is 0 Å². The molecule has 0 saturated heterocycles. The molecule has 1 aliphatic rings. The predicted molar refractivity (Wildman–Crippen MR) is 134 cm³/mol. The Morgan fingerprint density at radius 1 is 0.944 bits per heavy atom. The van der Waals surface area contributed by atoms with Crippen molar-refractivity contribution < 1.29 is 13.5 Å². The Kier molecular flexibility index (Phi) is 4.55. The third-order valence-corrected chi connectivity index (χ3v) is 6.98. The number of aromatic nitrogens is 4. The number of fused-ring (bicyclic) bond motifs is 6. The molecule has 1 atom stereocenters. The van der Waals surface area contributed by atoms with Crippen molar-refractivity contribution in [3.05, 3.63) is 117 Å². The molecule has 0 radical (unpaired) electrons. The van der Waals surface area contributed by atoms with Gasteiger partial charge in [-0.3, -0.25) is 0 Å². The van der Waals surface area contributed by atoms with Crippen LogP contribution in [0.4, 0.5) is 4.39 Å². The fraction of sp³-hybridized carbons (Fsp3) is 0.0370. The highest BCUT2D eigenvalue weighted by molar-refractivity contribution is 9.10. The van der Waals surface area contributed by atoms with Gasteiger partial charge in [0, 0.05) is 15.6 Å². The first-order valence-electron chi connectivity index (χ1n) is 11.1. The normalized spacial score (nSPS) is 14.4. The van der Waals surface area contributed by atoms with Gasteiger partial charge in [-0.25, -0.2) is 23.7 Å². The number of nitrogens with zero attached hydrogens (tertiary/aromatic N) is 4. The lowest BCUT2D eigenvalue weighted by Gasteiger charge is -2.27. The molecule has 0 amide bonds. The van der Waals surface area contributed by atoms with Crippen molar-refractivity contribution in [3.8, 4) is 23.0 Å². The van der Waals surface area contributed by atoms with Crippen LogP contribution in [0.1, 0.15) is 22.6 Å². The minimum Gasteiger partial charge on any atom is -0.437 e. The van der Waals surface area contributed by atoms with Crippen molar-refractivity contribution in [2.24, 2.45) is 0 Å². The van der Waals surface area contributed by atoms with E-state index in [1.165, 1.54) is 16.9 Å². The summed E-state index contributed by atoms with van der Waals surface area (Å²) in [5.41, 5.74) is 1.84. The van der Waals surface area contributed by atoms with E-state index in [1.54, 1.807) is 36.4 Å². The maximum atomic E-state index is 15.3. The van der Waals surface area contributed by atoms with Crippen LogP contribution >= 0.6 is 15.9 Å². The zero-order valence-electron chi connectivity index (χ0n) is 18.4. The van der Waals surface area contributed by atoms with Gasteiger partial charge in [0.2, 0.25) is 5.88 Å². The van der Waals surface area contributed by atoms with Crippen molar-refractivity contribution in [1.82, 2.24) is 19.6 Å². The molecule has 6 aromatic rings. The monoisotopic (exact) mass is 540 g/mol. The third kappa shape index (κ3) is 3.02. The van der Waals surface area contributed by atoms with Crippen molar-refractivity contribution >= 4 is 32.5 Å². The first kappa shape index (κ1) is 21.0. The highest BCUT2D eigenvalue weighted by atomic mass is 79.9. The number of hydrogen-bond donors (Lipinski definition) is 0. The van der Waals surface area contributed by atoms with E-state index < -0.39 is 17.4 Å². The number of rotatable bonds is 2. The number of benzene rings is 3. The van der Waals surface area contributed by atoms with Gasteiger partial charge in [0.05, 0.1) is 22.4 Å². The molecule has 3 aromatic heterocycles. The van der Waals surface area contributed by atoms with Gasteiger partial charge in [-0.15, -0.1) is 5.10 Å². The molecule has 1 aliphatic heterocycles. The van der Waals surface area contributed by atoms with Crippen molar-refractivity contribution in [2.45, 2.75) is 5.92 Å². The highest BCUT2D eigenvalue weighted by Crippen LogP contribution is 2.49. The van der Waals surface area contributed by atoms with Gasteiger partial charge in [-0.1, -0.05) is 58.4 Å². The molecule has 0 spiro atoms. The molecule has 0 N–H and O–H groups in total. The topological polar surface area (TPSA) is 82.5 Å². The molecular weight excluding hydrogens is 527 g/mol. The van der Waals surface area contributed by atoms with Crippen LogP contribution in [0, 0.1) is 5.82 Å². The second kappa shape index (κ2) is 7.82. The van der Waals surface area contributed by atoms with Crippen LogP contribution in [0.25, 0.3) is 28.0 Å². The van der Waals surface area contributed by atoms with E-state index in [4.69, 9.17) is 14.1 Å². The van der Waals surface area contributed by atoms with Crippen LogP contribution in [0.2, 0.25) is 0 Å². The Morgan fingerprint density at radius 2 is 1.72 bits per heavy atom. The fourth-order valence-corrected chi connectivity index (χ4v) is 5.17. The Hall–Kier alpha value is -4.37.